The normalized spacial score (nSPS) is 30.4. The standard InChI is InChI=1S/C23H33NO3S/c1-15-5-20(26-3)21(27-4)9-19(15)13-24(2)22(25)14-28-23-10-16-6-17(11-23)8-18(7-16)12-23/h5,9,16-18H,6-8,10-14H2,1-4H3. The fourth-order valence-corrected chi connectivity index (χ4v) is 7.78. The number of amides is 1. The van der Waals surface area contributed by atoms with E-state index in [1.165, 1.54) is 38.5 Å². The molecule has 4 bridgehead atoms. The van der Waals surface area contributed by atoms with Crippen LogP contribution in [0.3, 0.4) is 0 Å². The highest BCUT2D eigenvalue weighted by Gasteiger charge is 2.51. The van der Waals surface area contributed by atoms with Crippen LogP contribution in [0, 0.1) is 24.7 Å². The highest BCUT2D eigenvalue weighted by Crippen LogP contribution is 2.60. The van der Waals surface area contributed by atoms with E-state index in [9.17, 15) is 4.79 Å². The molecule has 0 saturated heterocycles. The van der Waals surface area contributed by atoms with Crippen molar-refractivity contribution in [2.75, 3.05) is 27.0 Å². The lowest BCUT2D eigenvalue weighted by atomic mass is 9.56. The van der Waals surface area contributed by atoms with Crippen molar-refractivity contribution in [3.63, 3.8) is 0 Å². The molecule has 4 aliphatic carbocycles. The predicted octanol–water partition coefficient (Wildman–Crippen LogP) is 4.67. The van der Waals surface area contributed by atoms with Crippen molar-refractivity contribution >= 4 is 17.7 Å². The summed E-state index contributed by atoms with van der Waals surface area (Å²) < 4.78 is 11.2. The fourth-order valence-electron chi connectivity index (χ4n) is 6.07. The van der Waals surface area contributed by atoms with Crippen LogP contribution in [0.4, 0.5) is 0 Å². The van der Waals surface area contributed by atoms with Crippen molar-refractivity contribution in [2.24, 2.45) is 17.8 Å². The molecule has 0 unspecified atom stereocenters. The van der Waals surface area contributed by atoms with E-state index in [2.05, 4.69) is 6.92 Å². The molecule has 1 aromatic rings. The maximum atomic E-state index is 12.9. The van der Waals surface area contributed by atoms with Gasteiger partial charge in [-0.15, -0.1) is 11.8 Å². The molecule has 4 aliphatic rings. The predicted molar refractivity (Wildman–Crippen MR) is 114 cm³/mol. The first-order chi connectivity index (χ1) is 13.4. The Labute approximate surface area is 173 Å². The van der Waals surface area contributed by atoms with Gasteiger partial charge in [-0.25, -0.2) is 0 Å². The molecule has 0 atom stereocenters. The molecule has 5 heteroatoms. The topological polar surface area (TPSA) is 38.8 Å². The van der Waals surface area contributed by atoms with Gasteiger partial charge in [0, 0.05) is 18.3 Å². The smallest absolute Gasteiger partial charge is 0.232 e. The van der Waals surface area contributed by atoms with Gasteiger partial charge >= 0.3 is 0 Å². The lowest BCUT2D eigenvalue weighted by Gasteiger charge is -2.56. The van der Waals surface area contributed by atoms with Crippen molar-refractivity contribution < 1.29 is 14.3 Å². The van der Waals surface area contributed by atoms with Gasteiger partial charge in [0.25, 0.3) is 0 Å². The van der Waals surface area contributed by atoms with Crippen LogP contribution < -0.4 is 9.47 Å². The molecule has 0 N–H and O–H groups in total. The molecule has 0 aliphatic heterocycles. The van der Waals surface area contributed by atoms with Crippen LogP contribution in [0.5, 0.6) is 11.5 Å². The van der Waals surface area contributed by atoms with Gasteiger partial charge in [-0.2, -0.15) is 0 Å². The molecule has 0 spiro atoms. The monoisotopic (exact) mass is 403 g/mol. The van der Waals surface area contributed by atoms with Gasteiger partial charge in [0.05, 0.1) is 20.0 Å². The number of hydrogen-bond acceptors (Lipinski definition) is 4. The van der Waals surface area contributed by atoms with Crippen molar-refractivity contribution in [1.82, 2.24) is 4.90 Å². The van der Waals surface area contributed by atoms with Crippen LogP contribution in [0.2, 0.25) is 0 Å². The molecular formula is C23H33NO3S. The molecule has 28 heavy (non-hydrogen) atoms. The molecule has 0 aromatic heterocycles. The van der Waals surface area contributed by atoms with Gasteiger partial charge in [0.15, 0.2) is 11.5 Å². The first-order valence-corrected chi connectivity index (χ1v) is 11.5. The number of benzene rings is 1. The Morgan fingerprint density at radius 2 is 1.61 bits per heavy atom. The Kier molecular flexibility index (Phi) is 5.56. The van der Waals surface area contributed by atoms with E-state index in [4.69, 9.17) is 9.47 Å². The Morgan fingerprint density at radius 1 is 1.07 bits per heavy atom. The van der Waals surface area contributed by atoms with Crippen LogP contribution in [-0.4, -0.2) is 42.6 Å². The van der Waals surface area contributed by atoms with E-state index in [1.807, 2.05) is 35.8 Å². The van der Waals surface area contributed by atoms with E-state index >= 15 is 0 Å². The van der Waals surface area contributed by atoms with E-state index in [0.29, 0.717) is 22.8 Å². The van der Waals surface area contributed by atoms with E-state index in [0.717, 1.165) is 34.6 Å². The maximum Gasteiger partial charge on any atom is 0.232 e. The van der Waals surface area contributed by atoms with Crippen LogP contribution in [0.15, 0.2) is 12.1 Å². The zero-order valence-corrected chi connectivity index (χ0v) is 18.4. The first-order valence-electron chi connectivity index (χ1n) is 10.5. The maximum absolute atomic E-state index is 12.9. The summed E-state index contributed by atoms with van der Waals surface area (Å²) in [5.41, 5.74) is 2.22. The Balaban J connectivity index is 1.37. The molecule has 154 valence electrons. The molecule has 4 saturated carbocycles. The summed E-state index contributed by atoms with van der Waals surface area (Å²) >= 11 is 1.96. The summed E-state index contributed by atoms with van der Waals surface area (Å²) in [5, 5.41) is 0. The minimum Gasteiger partial charge on any atom is -0.493 e. The molecule has 1 aromatic carbocycles. The second kappa shape index (κ2) is 7.81. The number of rotatable bonds is 7. The van der Waals surface area contributed by atoms with Crippen molar-refractivity contribution in [3.05, 3.63) is 23.3 Å². The molecule has 0 radical (unpaired) electrons. The Morgan fingerprint density at radius 3 is 2.14 bits per heavy atom. The number of carbonyl (C=O) groups excluding carboxylic acids is 1. The summed E-state index contributed by atoms with van der Waals surface area (Å²) in [6.07, 6.45) is 8.38. The third-order valence-corrected chi connectivity index (χ3v) is 8.66. The van der Waals surface area contributed by atoms with E-state index in [1.54, 1.807) is 14.2 Å². The number of nitrogens with zero attached hydrogens (tertiary/aromatic N) is 1. The fraction of sp³-hybridized carbons (Fsp3) is 0.696. The molecule has 5 rings (SSSR count). The number of ether oxygens (including phenoxy) is 2. The van der Waals surface area contributed by atoms with E-state index in [-0.39, 0.29) is 5.91 Å². The minimum absolute atomic E-state index is 0.231. The van der Waals surface area contributed by atoms with Crippen LogP contribution in [-0.2, 0) is 11.3 Å². The Hall–Kier alpha value is -1.36. The highest BCUT2D eigenvalue weighted by molar-refractivity contribution is 8.01. The molecule has 1 amide bonds. The zero-order chi connectivity index (χ0) is 19.9. The molecule has 0 heterocycles. The van der Waals surface area contributed by atoms with Crippen molar-refractivity contribution in [1.29, 1.82) is 0 Å². The largest absolute Gasteiger partial charge is 0.493 e. The lowest BCUT2D eigenvalue weighted by Crippen LogP contribution is -2.49. The molecule has 4 fully saturated rings. The summed E-state index contributed by atoms with van der Waals surface area (Å²) in [4.78, 5) is 14.7. The van der Waals surface area contributed by atoms with Crippen LogP contribution in [0.1, 0.15) is 49.7 Å². The van der Waals surface area contributed by atoms with Crippen molar-refractivity contribution in [3.8, 4) is 11.5 Å². The highest BCUT2D eigenvalue weighted by atomic mass is 32.2. The quantitative estimate of drug-likeness (QED) is 0.663. The van der Waals surface area contributed by atoms with Gasteiger partial charge in [0.1, 0.15) is 0 Å². The summed E-state index contributed by atoms with van der Waals surface area (Å²) in [7, 11) is 5.21. The van der Waals surface area contributed by atoms with Crippen LogP contribution in [0.25, 0.3) is 0 Å². The average molecular weight is 404 g/mol. The zero-order valence-electron chi connectivity index (χ0n) is 17.6. The number of methoxy groups -OCH3 is 2. The number of aryl methyl sites for hydroxylation is 1. The molecular weight excluding hydrogens is 370 g/mol. The molecule has 4 nitrogen and oxygen atoms in total. The van der Waals surface area contributed by atoms with Gasteiger partial charge in [-0.3, -0.25) is 4.79 Å². The third kappa shape index (κ3) is 3.87. The SMILES string of the molecule is COc1cc(C)c(CN(C)C(=O)CSC23CC4CC(CC(C4)C2)C3)cc1OC. The summed E-state index contributed by atoms with van der Waals surface area (Å²) in [5.74, 6) is 5.08. The summed E-state index contributed by atoms with van der Waals surface area (Å²) in [6.45, 7) is 2.66. The third-order valence-electron chi connectivity index (χ3n) is 7.16. The van der Waals surface area contributed by atoms with Crippen molar-refractivity contribution in [2.45, 2.75) is 56.7 Å². The number of thioether (sulfide) groups is 1. The van der Waals surface area contributed by atoms with Crippen LogP contribution >= 0.6 is 11.8 Å². The van der Waals surface area contributed by atoms with Gasteiger partial charge in [0.2, 0.25) is 5.91 Å². The van der Waals surface area contributed by atoms with E-state index < -0.39 is 0 Å². The van der Waals surface area contributed by atoms with Gasteiger partial charge in [-0.1, -0.05) is 0 Å². The minimum atomic E-state index is 0.231. The lowest BCUT2D eigenvalue weighted by molar-refractivity contribution is -0.127. The number of carbonyl (C=O) groups is 1. The first kappa shape index (κ1) is 19.9. The van der Waals surface area contributed by atoms with Gasteiger partial charge in [-0.05, 0) is 86.5 Å². The Bertz CT molecular complexity index is 712. The second-order valence-electron chi connectivity index (χ2n) is 9.27. The number of hydrogen-bond donors (Lipinski definition) is 0. The average Bonchev–Trinajstić information content (AvgIpc) is 2.66. The second-order valence-corrected chi connectivity index (χ2v) is 10.7. The summed E-state index contributed by atoms with van der Waals surface area (Å²) in [6, 6.07) is 3.97. The van der Waals surface area contributed by atoms with Gasteiger partial charge < -0.3 is 14.4 Å².